The normalized spacial score (nSPS) is 11.0. The summed E-state index contributed by atoms with van der Waals surface area (Å²) in [5.74, 6) is 0.670. The van der Waals surface area contributed by atoms with Gasteiger partial charge in [0, 0.05) is 27.1 Å². The number of aryl methyl sites for hydroxylation is 1. The molecule has 0 aliphatic rings. The molecule has 3 rings (SSSR count). The summed E-state index contributed by atoms with van der Waals surface area (Å²) in [6.45, 7) is 4.07. The van der Waals surface area contributed by atoms with Crippen LogP contribution >= 0.6 is 15.9 Å². The number of carbonyl (C=O) groups excluding carboxylic acids is 1. The number of hydrogen-bond acceptors (Lipinski definition) is 3. The lowest BCUT2D eigenvalue weighted by atomic mass is 10.1. The third-order valence-corrected chi connectivity index (χ3v) is 5.00. The number of hydrazone groups is 1. The first-order chi connectivity index (χ1) is 13.5. The molecule has 1 aromatic heterocycles. The van der Waals surface area contributed by atoms with Crippen LogP contribution in [0.4, 0.5) is 0 Å². The van der Waals surface area contributed by atoms with E-state index >= 15 is 0 Å². The average molecular weight is 440 g/mol. The number of ether oxygens (including phenoxy) is 1. The van der Waals surface area contributed by atoms with Gasteiger partial charge in [0.1, 0.15) is 5.75 Å². The van der Waals surface area contributed by atoms with Crippen molar-refractivity contribution in [2.75, 3.05) is 7.11 Å². The first-order valence-electron chi connectivity index (χ1n) is 8.87. The number of nitrogens with one attached hydrogen (secondary N) is 1. The summed E-state index contributed by atoms with van der Waals surface area (Å²) in [4.78, 5) is 12.1. The number of aromatic nitrogens is 1. The zero-order valence-corrected chi connectivity index (χ0v) is 17.7. The lowest BCUT2D eigenvalue weighted by molar-refractivity contribution is -0.120. The molecule has 0 bridgehead atoms. The molecule has 28 heavy (non-hydrogen) atoms. The number of nitrogens with zero attached hydrogens (tertiary/aromatic N) is 2. The molecule has 6 heteroatoms. The molecule has 0 saturated heterocycles. The van der Waals surface area contributed by atoms with Crippen molar-refractivity contribution in [2.45, 2.75) is 20.3 Å². The lowest BCUT2D eigenvalue weighted by Gasteiger charge is -2.10. The van der Waals surface area contributed by atoms with E-state index in [0.717, 1.165) is 38.4 Å². The molecule has 1 amide bonds. The van der Waals surface area contributed by atoms with Gasteiger partial charge in [-0.15, -0.1) is 0 Å². The van der Waals surface area contributed by atoms with Crippen LogP contribution in [-0.4, -0.2) is 23.8 Å². The monoisotopic (exact) mass is 439 g/mol. The van der Waals surface area contributed by atoms with Crippen LogP contribution in [0.25, 0.3) is 5.69 Å². The highest BCUT2D eigenvalue weighted by Crippen LogP contribution is 2.22. The smallest absolute Gasteiger partial charge is 0.244 e. The zero-order valence-electron chi connectivity index (χ0n) is 16.1. The van der Waals surface area contributed by atoms with Crippen LogP contribution < -0.4 is 10.2 Å². The van der Waals surface area contributed by atoms with Crippen molar-refractivity contribution < 1.29 is 9.53 Å². The summed E-state index contributed by atoms with van der Waals surface area (Å²) in [5, 5.41) is 4.12. The van der Waals surface area contributed by atoms with Crippen molar-refractivity contribution in [3.05, 3.63) is 81.6 Å². The average Bonchev–Trinajstić information content (AvgIpc) is 2.97. The fourth-order valence-electron chi connectivity index (χ4n) is 3.05. The van der Waals surface area contributed by atoms with Crippen LogP contribution in [0.15, 0.2) is 64.2 Å². The Morgan fingerprint density at radius 3 is 2.46 bits per heavy atom. The molecule has 0 fully saturated rings. The van der Waals surface area contributed by atoms with E-state index in [1.54, 1.807) is 13.3 Å². The molecule has 1 heterocycles. The van der Waals surface area contributed by atoms with Gasteiger partial charge in [-0.1, -0.05) is 28.1 Å². The van der Waals surface area contributed by atoms with E-state index in [2.05, 4.69) is 31.0 Å². The summed E-state index contributed by atoms with van der Waals surface area (Å²) in [5.41, 5.74) is 7.68. The van der Waals surface area contributed by atoms with E-state index in [1.807, 2.05) is 68.4 Å². The van der Waals surface area contributed by atoms with Crippen molar-refractivity contribution in [3.8, 4) is 11.4 Å². The van der Waals surface area contributed by atoms with Gasteiger partial charge in [0.05, 0.1) is 19.7 Å². The van der Waals surface area contributed by atoms with E-state index in [0.29, 0.717) is 0 Å². The number of hydrogen-bond donors (Lipinski definition) is 1. The molecule has 0 spiro atoms. The molecule has 0 aliphatic heterocycles. The molecule has 0 saturated carbocycles. The van der Waals surface area contributed by atoms with E-state index < -0.39 is 0 Å². The molecule has 0 radical (unpaired) electrons. The van der Waals surface area contributed by atoms with Crippen molar-refractivity contribution >= 4 is 28.1 Å². The van der Waals surface area contributed by atoms with Gasteiger partial charge in [0.25, 0.3) is 0 Å². The Morgan fingerprint density at radius 1 is 1.14 bits per heavy atom. The van der Waals surface area contributed by atoms with Crippen LogP contribution in [0.3, 0.4) is 0 Å². The molecule has 0 unspecified atom stereocenters. The highest BCUT2D eigenvalue weighted by atomic mass is 79.9. The van der Waals surface area contributed by atoms with E-state index in [1.165, 1.54) is 0 Å². The van der Waals surface area contributed by atoms with Gasteiger partial charge in [0.15, 0.2) is 0 Å². The van der Waals surface area contributed by atoms with E-state index in [4.69, 9.17) is 4.74 Å². The molecule has 1 N–H and O–H groups in total. The molecule has 3 aromatic rings. The van der Waals surface area contributed by atoms with Gasteiger partial charge in [-0.05, 0) is 61.9 Å². The first kappa shape index (κ1) is 19.9. The number of carbonyl (C=O) groups is 1. The molecular formula is C22H22BrN3O2. The van der Waals surface area contributed by atoms with Crippen LogP contribution in [0.1, 0.15) is 22.5 Å². The number of methoxy groups -OCH3 is 1. The number of benzene rings is 2. The SMILES string of the molecule is COc1ccc(-n2c(C)cc(/C=N\NC(=O)Cc3ccc(Br)cc3)c2C)cc1. The van der Waals surface area contributed by atoms with Crippen LogP contribution in [0.5, 0.6) is 5.75 Å². The molecule has 2 aromatic carbocycles. The van der Waals surface area contributed by atoms with E-state index in [9.17, 15) is 4.79 Å². The second-order valence-corrected chi connectivity index (χ2v) is 7.37. The second-order valence-electron chi connectivity index (χ2n) is 6.46. The van der Waals surface area contributed by atoms with Gasteiger partial charge >= 0.3 is 0 Å². The Bertz CT molecular complexity index is 990. The van der Waals surface area contributed by atoms with Gasteiger partial charge in [-0.2, -0.15) is 5.10 Å². The lowest BCUT2D eigenvalue weighted by Crippen LogP contribution is -2.19. The van der Waals surface area contributed by atoms with E-state index in [-0.39, 0.29) is 12.3 Å². The topological polar surface area (TPSA) is 55.6 Å². The number of rotatable bonds is 6. The maximum absolute atomic E-state index is 12.1. The number of amides is 1. The summed E-state index contributed by atoms with van der Waals surface area (Å²) >= 11 is 3.39. The zero-order chi connectivity index (χ0) is 20.1. The summed E-state index contributed by atoms with van der Waals surface area (Å²) in [6.07, 6.45) is 1.97. The quantitative estimate of drug-likeness (QED) is 0.452. The van der Waals surface area contributed by atoms with Gasteiger partial charge in [0.2, 0.25) is 5.91 Å². The third kappa shape index (κ3) is 4.70. The van der Waals surface area contributed by atoms with Crippen molar-refractivity contribution in [1.82, 2.24) is 9.99 Å². The first-order valence-corrected chi connectivity index (χ1v) is 9.67. The molecule has 5 nitrogen and oxygen atoms in total. The Labute approximate surface area is 173 Å². The highest BCUT2D eigenvalue weighted by Gasteiger charge is 2.10. The van der Waals surface area contributed by atoms with Crippen molar-refractivity contribution in [1.29, 1.82) is 0 Å². The highest BCUT2D eigenvalue weighted by molar-refractivity contribution is 9.10. The largest absolute Gasteiger partial charge is 0.497 e. The summed E-state index contributed by atoms with van der Waals surface area (Å²) in [7, 11) is 1.65. The summed E-state index contributed by atoms with van der Waals surface area (Å²) < 4.78 is 8.35. The predicted molar refractivity (Wildman–Crippen MR) is 115 cm³/mol. The third-order valence-electron chi connectivity index (χ3n) is 4.47. The minimum absolute atomic E-state index is 0.150. The molecule has 0 aliphatic carbocycles. The van der Waals surface area contributed by atoms with Crippen molar-refractivity contribution in [2.24, 2.45) is 5.10 Å². The number of halogens is 1. The van der Waals surface area contributed by atoms with Gasteiger partial charge in [-0.25, -0.2) is 5.43 Å². The predicted octanol–water partition coefficient (Wildman–Crippen LogP) is 4.56. The van der Waals surface area contributed by atoms with Gasteiger partial charge < -0.3 is 9.30 Å². The Morgan fingerprint density at radius 2 is 1.82 bits per heavy atom. The molecule has 144 valence electrons. The Kier molecular flexibility index (Phi) is 6.31. The maximum Gasteiger partial charge on any atom is 0.244 e. The maximum atomic E-state index is 12.1. The van der Waals surface area contributed by atoms with Gasteiger partial charge in [-0.3, -0.25) is 4.79 Å². The minimum atomic E-state index is -0.150. The molecule has 0 atom stereocenters. The van der Waals surface area contributed by atoms with Crippen LogP contribution in [0.2, 0.25) is 0 Å². The Hall–Kier alpha value is -2.86. The minimum Gasteiger partial charge on any atom is -0.497 e. The van der Waals surface area contributed by atoms with Crippen molar-refractivity contribution in [3.63, 3.8) is 0 Å². The fourth-order valence-corrected chi connectivity index (χ4v) is 3.31. The molecular weight excluding hydrogens is 418 g/mol. The Balaban J connectivity index is 1.68. The second kappa shape index (κ2) is 8.89. The summed E-state index contributed by atoms with van der Waals surface area (Å²) in [6, 6.07) is 17.6. The fraction of sp³-hybridized carbons (Fsp3) is 0.182. The van der Waals surface area contributed by atoms with Crippen LogP contribution in [0, 0.1) is 13.8 Å². The standard InChI is InChI=1S/C22H22BrN3O2/c1-15-12-18(16(2)26(15)20-8-10-21(28-3)11-9-20)14-24-25-22(27)13-17-4-6-19(23)7-5-17/h4-12,14H,13H2,1-3H3,(H,25,27)/b24-14-. The van der Waals surface area contributed by atoms with Crippen LogP contribution in [-0.2, 0) is 11.2 Å².